The maximum Gasteiger partial charge on any atom is 0.278 e. The quantitative estimate of drug-likeness (QED) is 0.343. The van der Waals surface area contributed by atoms with Crippen molar-refractivity contribution in [1.82, 2.24) is 19.9 Å². The van der Waals surface area contributed by atoms with Crippen LogP contribution in [0.5, 0.6) is 0 Å². The topological polar surface area (TPSA) is 90.9 Å². The summed E-state index contributed by atoms with van der Waals surface area (Å²) in [7, 11) is -3.58. The first-order valence-electron chi connectivity index (χ1n) is 10.7. The maximum absolute atomic E-state index is 12.8. The fourth-order valence-corrected chi connectivity index (χ4v) is 4.89. The lowest BCUT2D eigenvalue weighted by Crippen LogP contribution is -2.03. The number of aromatic nitrogens is 4. The largest absolute Gasteiger partial charge is 0.332 e. The van der Waals surface area contributed by atoms with Crippen molar-refractivity contribution in [3.05, 3.63) is 102 Å². The van der Waals surface area contributed by atoms with Gasteiger partial charge in [0.1, 0.15) is 0 Å². The Labute approximate surface area is 197 Å². The fraction of sp³-hybridized carbons (Fsp3) is 0.115. The van der Waals surface area contributed by atoms with E-state index in [4.69, 9.17) is 4.52 Å². The van der Waals surface area contributed by atoms with Crippen LogP contribution in [0, 0.1) is 13.8 Å². The van der Waals surface area contributed by atoms with E-state index in [1.807, 2.05) is 17.7 Å². The predicted molar refractivity (Wildman–Crippen MR) is 128 cm³/mol. The van der Waals surface area contributed by atoms with Crippen LogP contribution in [0.2, 0.25) is 0 Å². The van der Waals surface area contributed by atoms with Gasteiger partial charge in [0.2, 0.25) is 15.7 Å². The van der Waals surface area contributed by atoms with Crippen LogP contribution in [0.1, 0.15) is 16.8 Å². The van der Waals surface area contributed by atoms with Crippen molar-refractivity contribution in [3.8, 4) is 23.0 Å². The lowest BCUT2D eigenvalue weighted by Gasteiger charge is -2.04. The highest BCUT2D eigenvalue weighted by Gasteiger charge is 2.19. The molecule has 0 aliphatic carbocycles. The van der Waals surface area contributed by atoms with Gasteiger partial charge in [0.15, 0.2) is 5.69 Å². The SMILES string of the molecule is Cc1ccc(Cn2nc(-c3nc(-c4ccc(S(=O)(=O)c5ccccc5)cc4)no3)cc2C)cc1. The van der Waals surface area contributed by atoms with Gasteiger partial charge >= 0.3 is 0 Å². The second kappa shape index (κ2) is 8.72. The highest BCUT2D eigenvalue weighted by Crippen LogP contribution is 2.26. The summed E-state index contributed by atoms with van der Waals surface area (Å²) >= 11 is 0. The van der Waals surface area contributed by atoms with Crippen LogP contribution in [-0.2, 0) is 16.4 Å². The number of hydrogen-bond acceptors (Lipinski definition) is 6. The minimum absolute atomic E-state index is 0.205. The summed E-state index contributed by atoms with van der Waals surface area (Å²) in [5, 5.41) is 8.69. The zero-order chi connectivity index (χ0) is 23.7. The van der Waals surface area contributed by atoms with Gasteiger partial charge in [0.25, 0.3) is 5.89 Å². The van der Waals surface area contributed by atoms with Crippen LogP contribution < -0.4 is 0 Å². The van der Waals surface area contributed by atoms with Gasteiger partial charge in [-0.3, -0.25) is 4.68 Å². The summed E-state index contributed by atoms with van der Waals surface area (Å²) in [6.45, 7) is 4.68. The molecule has 0 saturated heterocycles. The van der Waals surface area contributed by atoms with E-state index in [0.29, 0.717) is 29.5 Å². The molecule has 8 heteroatoms. The standard InChI is InChI=1S/C26H22N4O3S/c1-18-8-10-20(11-9-18)17-30-19(2)16-24(28-30)26-27-25(29-33-26)21-12-14-23(15-13-21)34(31,32)22-6-4-3-5-7-22/h3-16H,17H2,1-2H3. The molecule has 0 radical (unpaired) electrons. The third kappa shape index (κ3) is 4.27. The van der Waals surface area contributed by atoms with Crippen LogP contribution in [0.3, 0.4) is 0 Å². The van der Waals surface area contributed by atoms with Crippen molar-refractivity contribution in [2.45, 2.75) is 30.2 Å². The summed E-state index contributed by atoms with van der Waals surface area (Å²) in [5.74, 6) is 0.672. The van der Waals surface area contributed by atoms with Gasteiger partial charge < -0.3 is 4.52 Å². The van der Waals surface area contributed by atoms with Crippen molar-refractivity contribution in [1.29, 1.82) is 0 Å². The van der Waals surface area contributed by atoms with Gasteiger partial charge in [-0.1, -0.05) is 53.2 Å². The number of aryl methyl sites for hydroxylation is 2. The minimum atomic E-state index is -3.58. The first-order chi connectivity index (χ1) is 16.4. The molecular weight excluding hydrogens is 448 g/mol. The minimum Gasteiger partial charge on any atom is -0.332 e. The van der Waals surface area contributed by atoms with E-state index in [2.05, 4.69) is 46.4 Å². The number of sulfone groups is 1. The zero-order valence-electron chi connectivity index (χ0n) is 18.7. The van der Waals surface area contributed by atoms with Gasteiger partial charge in [-0.25, -0.2) is 8.42 Å². The molecule has 7 nitrogen and oxygen atoms in total. The molecule has 0 atom stereocenters. The summed E-state index contributed by atoms with van der Waals surface area (Å²) in [5.41, 5.74) is 4.58. The van der Waals surface area contributed by atoms with E-state index >= 15 is 0 Å². The average Bonchev–Trinajstić information content (AvgIpc) is 3.48. The van der Waals surface area contributed by atoms with Crippen LogP contribution in [0.15, 0.2) is 99.2 Å². The molecular formula is C26H22N4O3S. The first kappa shape index (κ1) is 21.8. The molecule has 5 rings (SSSR count). The van der Waals surface area contributed by atoms with Crippen molar-refractivity contribution in [2.24, 2.45) is 0 Å². The maximum atomic E-state index is 12.8. The monoisotopic (exact) mass is 470 g/mol. The smallest absolute Gasteiger partial charge is 0.278 e. The fourth-order valence-electron chi connectivity index (χ4n) is 3.60. The van der Waals surface area contributed by atoms with Crippen molar-refractivity contribution in [3.63, 3.8) is 0 Å². The highest BCUT2D eigenvalue weighted by molar-refractivity contribution is 7.91. The number of hydrogen-bond donors (Lipinski definition) is 0. The predicted octanol–water partition coefficient (Wildman–Crippen LogP) is 5.10. The summed E-state index contributed by atoms with van der Waals surface area (Å²) in [6.07, 6.45) is 0. The van der Waals surface area contributed by atoms with Gasteiger partial charge in [-0.05, 0) is 61.9 Å². The van der Waals surface area contributed by atoms with Crippen LogP contribution in [0.4, 0.5) is 0 Å². The molecule has 0 unspecified atom stereocenters. The Morgan fingerprint density at radius 3 is 2.24 bits per heavy atom. The van der Waals surface area contributed by atoms with Crippen LogP contribution >= 0.6 is 0 Å². The molecule has 0 N–H and O–H groups in total. The zero-order valence-corrected chi connectivity index (χ0v) is 19.5. The Morgan fingerprint density at radius 2 is 1.53 bits per heavy atom. The summed E-state index contributed by atoms with van der Waals surface area (Å²) in [6, 6.07) is 25.0. The Morgan fingerprint density at radius 1 is 0.853 bits per heavy atom. The van der Waals surface area contributed by atoms with Crippen molar-refractivity contribution < 1.29 is 12.9 Å². The van der Waals surface area contributed by atoms with Crippen LogP contribution in [-0.4, -0.2) is 28.3 Å². The highest BCUT2D eigenvalue weighted by atomic mass is 32.2. The van der Waals surface area contributed by atoms with Gasteiger partial charge in [0.05, 0.1) is 16.3 Å². The Kier molecular flexibility index (Phi) is 5.59. The number of nitrogens with zero attached hydrogens (tertiary/aromatic N) is 4. The lowest BCUT2D eigenvalue weighted by atomic mass is 10.1. The molecule has 0 amide bonds. The lowest BCUT2D eigenvalue weighted by molar-refractivity contribution is 0.430. The normalized spacial score (nSPS) is 11.6. The van der Waals surface area contributed by atoms with E-state index in [0.717, 1.165) is 11.3 Å². The molecule has 0 saturated carbocycles. The van der Waals surface area contributed by atoms with E-state index in [9.17, 15) is 8.42 Å². The molecule has 0 spiro atoms. The van der Waals surface area contributed by atoms with E-state index in [1.54, 1.807) is 54.6 Å². The molecule has 0 aliphatic rings. The average molecular weight is 471 g/mol. The summed E-state index contributed by atoms with van der Waals surface area (Å²) < 4.78 is 32.9. The van der Waals surface area contributed by atoms with E-state index < -0.39 is 9.84 Å². The number of benzene rings is 3. The second-order valence-corrected chi connectivity index (χ2v) is 10.0. The first-order valence-corrected chi connectivity index (χ1v) is 12.2. The molecule has 0 fully saturated rings. The Bertz CT molecular complexity index is 1540. The van der Waals surface area contributed by atoms with Crippen LogP contribution in [0.25, 0.3) is 23.0 Å². The molecule has 2 aromatic heterocycles. The Balaban J connectivity index is 1.37. The second-order valence-electron chi connectivity index (χ2n) is 8.08. The molecule has 34 heavy (non-hydrogen) atoms. The van der Waals surface area contributed by atoms with Gasteiger partial charge in [-0.2, -0.15) is 10.1 Å². The summed E-state index contributed by atoms with van der Waals surface area (Å²) in [4.78, 5) is 4.93. The Hall–Kier alpha value is -4.04. The third-order valence-corrected chi connectivity index (χ3v) is 7.34. The van der Waals surface area contributed by atoms with Crippen molar-refractivity contribution in [2.75, 3.05) is 0 Å². The molecule has 0 bridgehead atoms. The molecule has 2 heterocycles. The molecule has 0 aliphatic heterocycles. The number of rotatable bonds is 6. The van der Waals surface area contributed by atoms with Gasteiger partial charge in [-0.15, -0.1) is 0 Å². The van der Waals surface area contributed by atoms with Gasteiger partial charge in [0, 0.05) is 11.3 Å². The van der Waals surface area contributed by atoms with Crippen molar-refractivity contribution >= 4 is 9.84 Å². The molecule has 3 aromatic carbocycles. The molecule has 170 valence electrons. The molecule has 5 aromatic rings. The van der Waals surface area contributed by atoms with E-state index in [1.165, 1.54) is 5.56 Å². The van der Waals surface area contributed by atoms with E-state index in [-0.39, 0.29) is 9.79 Å². The third-order valence-electron chi connectivity index (χ3n) is 5.56.